The van der Waals surface area contributed by atoms with Gasteiger partial charge in [0.05, 0.1) is 0 Å². The fraction of sp³-hybridized carbons (Fsp3) is 0.0526. The van der Waals surface area contributed by atoms with Gasteiger partial charge in [-0.2, -0.15) is 12.6 Å². The lowest BCUT2D eigenvalue weighted by Crippen LogP contribution is -2.22. The number of allylic oxidation sites excluding steroid dienone is 3. The van der Waals surface area contributed by atoms with Gasteiger partial charge in [0.1, 0.15) is 0 Å². The standard InChI is InChI=1S/C19H18S/c1-16(8-7-11-17-9-3-2-4-10-17)14-18-12-5-6-13-19(18)15-20/h2-15,20H,1H3/b11-7+,16-8+,18-14-,19-15-. The predicted octanol–water partition coefficient (Wildman–Crippen LogP) is 3.79. The smallest absolute Gasteiger partial charge is 0.0123 e. The zero-order valence-corrected chi connectivity index (χ0v) is 12.4. The summed E-state index contributed by atoms with van der Waals surface area (Å²) in [7, 11) is 0. The number of rotatable bonds is 3. The maximum atomic E-state index is 4.24. The second-order valence-corrected chi connectivity index (χ2v) is 4.84. The van der Waals surface area contributed by atoms with E-state index in [1.165, 1.54) is 16.4 Å². The Hall–Kier alpha value is -1.99. The molecule has 1 heteroatoms. The topological polar surface area (TPSA) is 0 Å². The van der Waals surface area contributed by atoms with E-state index in [0.717, 1.165) is 5.22 Å². The normalized spacial score (nSPS) is 14.2. The van der Waals surface area contributed by atoms with Crippen LogP contribution >= 0.6 is 12.6 Å². The van der Waals surface area contributed by atoms with Crippen LogP contribution < -0.4 is 10.4 Å². The zero-order chi connectivity index (χ0) is 14.2. The third-order valence-electron chi connectivity index (χ3n) is 2.97. The first-order valence-electron chi connectivity index (χ1n) is 6.61. The number of hydrogen-bond acceptors (Lipinski definition) is 1. The minimum atomic E-state index is 1.13. The molecule has 0 unspecified atom stereocenters. The minimum Gasteiger partial charge on any atom is -0.151 e. The van der Waals surface area contributed by atoms with E-state index in [-0.39, 0.29) is 0 Å². The van der Waals surface area contributed by atoms with E-state index in [1.54, 1.807) is 0 Å². The van der Waals surface area contributed by atoms with Crippen LogP contribution in [-0.2, 0) is 0 Å². The van der Waals surface area contributed by atoms with Crippen molar-refractivity contribution in [2.75, 3.05) is 0 Å². The van der Waals surface area contributed by atoms with Crippen LogP contribution in [0.25, 0.3) is 17.6 Å². The van der Waals surface area contributed by atoms with Crippen molar-refractivity contribution in [3.8, 4) is 0 Å². The first-order valence-corrected chi connectivity index (χ1v) is 7.12. The third kappa shape index (κ3) is 4.29. The van der Waals surface area contributed by atoms with Gasteiger partial charge in [-0.1, -0.05) is 84.5 Å². The molecule has 0 amide bonds. The summed E-state index contributed by atoms with van der Waals surface area (Å²) in [6.07, 6.45) is 8.46. The van der Waals surface area contributed by atoms with Gasteiger partial charge in [0.25, 0.3) is 0 Å². The Morgan fingerprint density at radius 1 is 0.900 bits per heavy atom. The second-order valence-electron chi connectivity index (χ2n) is 4.58. The van der Waals surface area contributed by atoms with E-state index in [4.69, 9.17) is 0 Å². The molecule has 0 spiro atoms. The molecular weight excluding hydrogens is 260 g/mol. The van der Waals surface area contributed by atoms with E-state index in [2.05, 4.69) is 68.1 Å². The Balaban J connectivity index is 2.22. The molecule has 0 aromatic heterocycles. The van der Waals surface area contributed by atoms with Crippen LogP contribution in [0.3, 0.4) is 0 Å². The van der Waals surface area contributed by atoms with Gasteiger partial charge in [0.2, 0.25) is 0 Å². The summed E-state index contributed by atoms with van der Waals surface area (Å²) in [5, 5.41) is 4.15. The number of hydrogen-bond donors (Lipinski definition) is 1. The van der Waals surface area contributed by atoms with Crippen molar-refractivity contribution in [3.63, 3.8) is 0 Å². The SMILES string of the molecule is CC(/C=c1/cccc/c1=C/S)=C\C=C\c1ccccc1. The molecule has 100 valence electrons. The highest BCUT2D eigenvalue weighted by Crippen LogP contribution is 2.02. The van der Waals surface area contributed by atoms with Crippen LogP contribution in [-0.4, -0.2) is 0 Å². The summed E-state index contributed by atoms with van der Waals surface area (Å²) in [5.41, 5.74) is 2.42. The molecule has 0 N–H and O–H groups in total. The van der Waals surface area contributed by atoms with Crippen LogP contribution in [0.15, 0.2) is 72.3 Å². The molecule has 0 saturated heterocycles. The van der Waals surface area contributed by atoms with Crippen LogP contribution in [0.5, 0.6) is 0 Å². The molecule has 2 aromatic carbocycles. The highest BCUT2D eigenvalue weighted by molar-refractivity contribution is 7.88. The Morgan fingerprint density at radius 3 is 2.25 bits per heavy atom. The van der Waals surface area contributed by atoms with Crippen molar-refractivity contribution < 1.29 is 0 Å². The van der Waals surface area contributed by atoms with Crippen molar-refractivity contribution >= 4 is 30.2 Å². The van der Waals surface area contributed by atoms with E-state index < -0.39 is 0 Å². The monoisotopic (exact) mass is 278 g/mol. The summed E-state index contributed by atoms with van der Waals surface area (Å²) >= 11 is 4.24. The molecule has 20 heavy (non-hydrogen) atoms. The van der Waals surface area contributed by atoms with Gasteiger partial charge in [0, 0.05) is 0 Å². The Kier molecular flexibility index (Phi) is 5.45. The highest BCUT2D eigenvalue weighted by Gasteiger charge is 1.85. The van der Waals surface area contributed by atoms with Crippen molar-refractivity contribution in [2.45, 2.75) is 6.92 Å². The van der Waals surface area contributed by atoms with E-state index >= 15 is 0 Å². The molecule has 0 saturated carbocycles. The number of benzene rings is 2. The summed E-state index contributed by atoms with van der Waals surface area (Å²) < 4.78 is 0. The first-order chi connectivity index (χ1) is 9.79. The van der Waals surface area contributed by atoms with E-state index in [1.807, 2.05) is 35.7 Å². The lowest BCUT2D eigenvalue weighted by molar-refractivity contribution is 1.49. The van der Waals surface area contributed by atoms with Crippen molar-refractivity contribution in [2.24, 2.45) is 0 Å². The molecule has 2 aromatic rings. The highest BCUT2D eigenvalue weighted by atomic mass is 32.1. The summed E-state index contributed by atoms with van der Waals surface area (Å²) in [6, 6.07) is 18.5. The Labute approximate surface area is 125 Å². The Bertz CT molecular complexity index is 722. The largest absolute Gasteiger partial charge is 0.151 e. The second kappa shape index (κ2) is 7.56. The predicted molar refractivity (Wildman–Crippen MR) is 92.8 cm³/mol. The summed E-state index contributed by atoms with van der Waals surface area (Å²) in [5.74, 6) is 0. The molecule has 0 heterocycles. The van der Waals surface area contributed by atoms with Crippen LogP contribution in [0.4, 0.5) is 0 Å². The number of thiol groups is 1. The van der Waals surface area contributed by atoms with E-state index in [0.29, 0.717) is 0 Å². The fourth-order valence-corrected chi connectivity index (χ4v) is 2.16. The van der Waals surface area contributed by atoms with Crippen LogP contribution in [0.2, 0.25) is 0 Å². The maximum Gasteiger partial charge on any atom is -0.0123 e. The Morgan fingerprint density at radius 2 is 1.55 bits per heavy atom. The summed E-state index contributed by atoms with van der Waals surface area (Å²) in [6.45, 7) is 2.10. The molecule has 0 radical (unpaired) electrons. The van der Waals surface area contributed by atoms with Gasteiger partial charge < -0.3 is 0 Å². The molecule has 0 atom stereocenters. The quantitative estimate of drug-likeness (QED) is 0.641. The van der Waals surface area contributed by atoms with Gasteiger partial charge in [-0.3, -0.25) is 0 Å². The van der Waals surface area contributed by atoms with Crippen LogP contribution in [0, 0.1) is 0 Å². The first kappa shape index (κ1) is 14.4. The molecule has 0 nitrogen and oxygen atoms in total. The van der Waals surface area contributed by atoms with Gasteiger partial charge in [-0.25, -0.2) is 0 Å². The molecule has 0 aliphatic heterocycles. The summed E-state index contributed by atoms with van der Waals surface area (Å²) in [4.78, 5) is 0. The molecule has 0 aliphatic carbocycles. The van der Waals surface area contributed by atoms with Gasteiger partial charge in [0.15, 0.2) is 0 Å². The molecule has 0 fully saturated rings. The molecule has 2 rings (SSSR count). The van der Waals surface area contributed by atoms with Crippen LogP contribution in [0.1, 0.15) is 12.5 Å². The van der Waals surface area contributed by atoms with Crippen molar-refractivity contribution in [3.05, 3.63) is 88.3 Å². The average Bonchev–Trinajstić information content (AvgIpc) is 2.49. The molecule has 0 aliphatic rings. The zero-order valence-electron chi connectivity index (χ0n) is 11.5. The third-order valence-corrected chi connectivity index (χ3v) is 3.24. The lowest BCUT2D eigenvalue weighted by atomic mass is 10.1. The van der Waals surface area contributed by atoms with Crippen molar-refractivity contribution in [1.82, 2.24) is 0 Å². The van der Waals surface area contributed by atoms with E-state index in [9.17, 15) is 0 Å². The van der Waals surface area contributed by atoms with Gasteiger partial charge in [-0.05, 0) is 28.3 Å². The van der Waals surface area contributed by atoms with Crippen molar-refractivity contribution in [1.29, 1.82) is 0 Å². The van der Waals surface area contributed by atoms with Gasteiger partial charge >= 0.3 is 0 Å². The minimum absolute atomic E-state index is 1.13. The fourth-order valence-electron chi connectivity index (χ4n) is 1.93. The molecular formula is C19H18S. The lowest BCUT2D eigenvalue weighted by Gasteiger charge is -1.93. The average molecular weight is 278 g/mol. The van der Waals surface area contributed by atoms with Gasteiger partial charge in [-0.15, -0.1) is 0 Å². The maximum absolute atomic E-state index is 4.24. The molecule has 0 bridgehead atoms.